The van der Waals surface area contributed by atoms with Crippen molar-refractivity contribution in [1.29, 1.82) is 0 Å². The van der Waals surface area contributed by atoms with Gasteiger partial charge in [-0.25, -0.2) is 9.89 Å². The smallest absolute Gasteiger partial charge is 0.333 e. The van der Waals surface area contributed by atoms with Crippen LogP contribution in [0.15, 0.2) is 33.5 Å². The molecule has 15 heavy (non-hydrogen) atoms. The second-order valence-corrected chi connectivity index (χ2v) is 3.94. The Morgan fingerprint density at radius 3 is 2.80 bits per heavy atom. The molecule has 5 nitrogen and oxygen atoms in total. The van der Waals surface area contributed by atoms with E-state index in [-0.39, 0.29) is 0 Å². The van der Waals surface area contributed by atoms with Crippen molar-refractivity contribution in [2.75, 3.05) is 5.84 Å². The summed E-state index contributed by atoms with van der Waals surface area (Å²) in [5.74, 6) is 6.00. The van der Waals surface area contributed by atoms with Gasteiger partial charge in [0, 0.05) is 10.9 Å². The zero-order valence-electron chi connectivity index (χ0n) is 7.77. The summed E-state index contributed by atoms with van der Waals surface area (Å²) in [7, 11) is 0. The summed E-state index contributed by atoms with van der Waals surface area (Å²) in [5.41, 5.74) is 0.625. The van der Waals surface area contributed by atoms with E-state index in [1.54, 1.807) is 0 Å². The van der Waals surface area contributed by atoms with E-state index in [1.807, 2.05) is 24.3 Å². The van der Waals surface area contributed by atoms with Crippen molar-refractivity contribution in [1.82, 2.24) is 14.9 Å². The molecule has 3 N–H and O–H groups in total. The van der Waals surface area contributed by atoms with Gasteiger partial charge < -0.3 is 5.84 Å². The molecule has 0 amide bonds. The largest absolute Gasteiger partial charge is 0.361 e. The fraction of sp³-hybridized carbons (Fsp3) is 0.111. The minimum absolute atomic E-state index is 0.406. The Kier molecular flexibility index (Phi) is 2.59. The van der Waals surface area contributed by atoms with E-state index in [4.69, 9.17) is 5.84 Å². The van der Waals surface area contributed by atoms with E-state index in [0.717, 1.165) is 14.7 Å². The van der Waals surface area contributed by atoms with Crippen molar-refractivity contribution in [2.45, 2.75) is 6.42 Å². The molecule has 2 rings (SSSR count). The molecule has 0 aliphatic heterocycles. The van der Waals surface area contributed by atoms with Crippen LogP contribution in [-0.2, 0) is 6.42 Å². The zero-order valence-corrected chi connectivity index (χ0v) is 9.36. The maximum Gasteiger partial charge on any atom is 0.361 e. The van der Waals surface area contributed by atoms with Gasteiger partial charge in [-0.05, 0) is 11.6 Å². The van der Waals surface area contributed by atoms with Crippen LogP contribution in [0.4, 0.5) is 0 Å². The number of nitrogens with one attached hydrogen (secondary N) is 1. The first-order valence-corrected chi connectivity index (χ1v) is 5.12. The van der Waals surface area contributed by atoms with Crippen molar-refractivity contribution < 1.29 is 0 Å². The number of hydrogen-bond acceptors (Lipinski definition) is 3. The Labute approximate surface area is 94.0 Å². The third-order valence-corrected chi connectivity index (χ3v) is 2.86. The molecule has 1 aromatic heterocycles. The van der Waals surface area contributed by atoms with Gasteiger partial charge in [0.25, 0.3) is 0 Å². The fourth-order valence-corrected chi connectivity index (χ4v) is 1.70. The Morgan fingerprint density at radius 2 is 2.20 bits per heavy atom. The molecule has 6 heteroatoms. The molecule has 78 valence electrons. The molecule has 0 atom stereocenters. The first-order chi connectivity index (χ1) is 7.18. The van der Waals surface area contributed by atoms with Crippen LogP contribution in [0.3, 0.4) is 0 Å². The first-order valence-electron chi connectivity index (χ1n) is 4.33. The summed E-state index contributed by atoms with van der Waals surface area (Å²) in [4.78, 5) is 11.0. The molecule has 1 heterocycles. The van der Waals surface area contributed by atoms with E-state index in [9.17, 15) is 4.79 Å². The van der Waals surface area contributed by atoms with E-state index >= 15 is 0 Å². The third kappa shape index (κ3) is 1.94. The minimum atomic E-state index is -0.406. The summed E-state index contributed by atoms with van der Waals surface area (Å²) in [6.07, 6.45) is 0.511. The highest BCUT2D eigenvalue weighted by molar-refractivity contribution is 9.10. The van der Waals surface area contributed by atoms with Gasteiger partial charge in [-0.15, -0.1) is 0 Å². The van der Waals surface area contributed by atoms with Gasteiger partial charge >= 0.3 is 5.69 Å². The number of benzene rings is 1. The van der Waals surface area contributed by atoms with Gasteiger partial charge in [-0.3, -0.25) is 0 Å². The van der Waals surface area contributed by atoms with Gasteiger partial charge in [0.05, 0.1) is 0 Å². The zero-order chi connectivity index (χ0) is 10.8. The van der Waals surface area contributed by atoms with Gasteiger partial charge in [0.2, 0.25) is 0 Å². The highest BCUT2D eigenvalue weighted by Crippen LogP contribution is 2.17. The normalized spacial score (nSPS) is 10.5. The van der Waals surface area contributed by atoms with Crippen LogP contribution in [0.1, 0.15) is 11.4 Å². The fourth-order valence-electron chi connectivity index (χ4n) is 1.27. The van der Waals surface area contributed by atoms with Crippen LogP contribution in [0.25, 0.3) is 0 Å². The maximum atomic E-state index is 11.0. The SMILES string of the molecule is Nn1c(Cc2ccccc2Br)n[nH]c1=O. The van der Waals surface area contributed by atoms with Crippen LogP contribution < -0.4 is 11.5 Å². The molecule has 0 radical (unpaired) electrons. The van der Waals surface area contributed by atoms with Crippen molar-refractivity contribution in [2.24, 2.45) is 0 Å². The molecule has 0 fully saturated rings. The maximum absolute atomic E-state index is 11.0. The number of nitrogens with zero attached hydrogens (tertiary/aromatic N) is 2. The Hall–Kier alpha value is -1.56. The topological polar surface area (TPSA) is 76.7 Å². The lowest BCUT2D eigenvalue weighted by Gasteiger charge is -2.02. The van der Waals surface area contributed by atoms with Gasteiger partial charge in [-0.2, -0.15) is 9.77 Å². The molecule has 0 aliphatic carbocycles. The highest BCUT2D eigenvalue weighted by Gasteiger charge is 2.07. The molecule has 0 saturated carbocycles. The molecule has 0 bridgehead atoms. The summed E-state index contributed by atoms with van der Waals surface area (Å²) in [5, 5.41) is 6.13. The Balaban J connectivity index is 2.34. The molecule has 0 spiro atoms. The summed E-state index contributed by atoms with van der Waals surface area (Å²) in [6, 6.07) is 7.73. The third-order valence-electron chi connectivity index (χ3n) is 2.08. The van der Waals surface area contributed by atoms with Gasteiger partial charge in [0.1, 0.15) is 0 Å². The predicted octanol–water partition coefficient (Wildman–Crippen LogP) is 0.638. The van der Waals surface area contributed by atoms with Gasteiger partial charge in [-0.1, -0.05) is 34.1 Å². The van der Waals surface area contributed by atoms with Crippen molar-refractivity contribution in [3.8, 4) is 0 Å². The average Bonchev–Trinajstić information content (AvgIpc) is 2.53. The molecular weight excluding hydrogens is 260 g/mol. The van der Waals surface area contributed by atoms with Crippen molar-refractivity contribution >= 4 is 15.9 Å². The second kappa shape index (κ2) is 3.90. The number of rotatable bonds is 2. The number of halogens is 1. The predicted molar refractivity (Wildman–Crippen MR) is 59.9 cm³/mol. The van der Waals surface area contributed by atoms with E-state index in [0.29, 0.717) is 12.2 Å². The second-order valence-electron chi connectivity index (χ2n) is 3.08. The Morgan fingerprint density at radius 1 is 1.47 bits per heavy atom. The molecule has 0 saturated heterocycles. The Bertz CT molecular complexity index is 531. The van der Waals surface area contributed by atoms with Crippen LogP contribution in [0.2, 0.25) is 0 Å². The quantitative estimate of drug-likeness (QED) is 0.785. The average molecular weight is 269 g/mol. The lowest BCUT2D eigenvalue weighted by molar-refractivity contribution is 0.853. The standard InChI is InChI=1S/C9H9BrN4O/c10-7-4-2-1-3-6(7)5-8-12-13-9(15)14(8)11/h1-4H,5,11H2,(H,13,15). The molecule has 0 aliphatic rings. The van der Waals surface area contributed by atoms with Crippen LogP contribution >= 0.6 is 15.9 Å². The highest BCUT2D eigenvalue weighted by atomic mass is 79.9. The monoisotopic (exact) mass is 268 g/mol. The van der Waals surface area contributed by atoms with E-state index in [2.05, 4.69) is 26.1 Å². The van der Waals surface area contributed by atoms with Gasteiger partial charge in [0.15, 0.2) is 5.82 Å². The van der Waals surface area contributed by atoms with Crippen LogP contribution in [-0.4, -0.2) is 14.9 Å². The molecule has 0 unspecified atom stereocenters. The van der Waals surface area contributed by atoms with Crippen molar-refractivity contribution in [3.63, 3.8) is 0 Å². The summed E-state index contributed by atoms with van der Waals surface area (Å²) < 4.78 is 1.99. The summed E-state index contributed by atoms with van der Waals surface area (Å²) >= 11 is 3.42. The number of hydrogen-bond donors (Lipinski definition) is 2. The molecule has 2 aromatic rings. The lowest BCUT2D eigenvalue weighted by atomic mass is 10.1. The minimum Gasteiger partial charge on any atom is -0.333 e. The van der Waals surface area contributed by atoms with Crippen LogP contribution in [0, 0.1) is 0 Å². The molecular formula is C9H9BrN4O. The first kappa shape index (κ1) is 9.97. The molecule has 1 aromatic carbocycles. The number of aromatic nitrogens is 3. The van der Waals surface area contributed by atoms with Crippen molar-refractivity contribution in [3.05, 3.63) is 50.6 Å². The van der Waals surface area contributed by atoms with E-state index in [1.165, 1.54) is 0 Å². The number of aromatic amines is 1. The lowest BCUT2D eigenvalue weighted by Crippen LogP contribution is -2.26. The number of nitrogen functional groups attached to an aromatic ring is 1. The summed E-state index contributed by atoms with van der Waals surface area (Å²) in [6.45, 7) is 0. The number of H-pyrrole nitrogens is 1. The van der Waals surface area contributed by atoms with E-state index < -0.39 is 5.69 Å². The number of nitrogens with two attached hydrogens (primary N) is 1. The van der Waals surface area contributed by atoms with Crippen LogP contribution in [0.5, 0.6) is 0 Å².